The van der Waals surface area contributed by atoms with E-state index in [0.29, 0.717) is 18.8 Å². The SMILES string of the molecule is O=C(Nc1cccc(S(=O)(=O)N2CCCCCC2)c1)c1ccc(=O)[nH]n1. The molecule has 138 valence electrons. The minimum atomic E-state index is -3.60. The lowest BCUT2D eigenvalue weighted by atomic mass is 10.2. The lowest BCUT2D eigenvalue weighted by Gasteiger charge is -2.20. The van der Waals surface area contributed by atoms with Crippen molar-refractivity contribution >= 4 is 21.6 Å². The van der Waals surface area contributed by atoms with Gasteiger partial charge in [-0.15, -0.1) is 0 Å². The largest absolute Gasteiger partial charge is 0.321 e. The molecule has 3 rings (SSSR count). The van der Waals surface area contributed by atoms with Crippen LogP contribution < -0.4 is 10.9 Å². The van der Waals surface area contributed by atoms with Gasteiger partial charge in [-0.3, -0.25) is 9.59 Å². The van der Waals surface area contributed by atoms with Crippen molar-refractivity contribution < 1.29 is 13.2 Å². The van der Waals surface area contributed by atoms with Crippen molar-refractivity contribution in [2.45, 2.75) is 30.6 Å². The maximum absolute atomic E-state index is 12.8. The summed E-state index contributed by atoms with van der Waals surface area (Å²) in [4.78, 5) is 23.3. The van der Waals surface area contributed by atoms with Crippen LogP contribution in [0.4, 0.5) is 5.69 Å². The molecule has 0 spiro atoms. The molecule has 1 aliphatic rings. The van der Waals surface area contributed by atoms with E-state index in [1.165, 1.54) is 28.6 Å². The number of aromatic nitrogens is 2. The zero-order valence-corrected chi connectivity index (χ0v) is 15.0. The van der Waals surface area contributed by atoms with Crippen LogP contribution in [0.1, 0.15) is 36.2 Å². The average Bonchev–Trinajstić information content (AvgIpc) is 2.92. The fraction of sp³-hybridized carbons (Fsp3) is 0.353. The zero-order valence-electron chi connectivity index (χ0n) is 14.1. The van der Waals surface area contributed by atoms with Gasteiger partial charge in [0.2, 0.25) is 10.0 Å². The molecule has 9 heteroatoms. The predicted octanol–water partition coefficient (Wildman–Crippen LogP) is 1.59. The van der Waals surface area contributed by atoms with Crippen molar-refractivity contribution in [1.29, 1.82) is 0 Å². The summed E-state index contributed by atoms with van der Waals surface area (Å²) in [6.45, 7) is 1.03. The second-order valence-electron chi connectivity index (χ2n) is 6.11. The van der Waals surface area contributed by atoms with Crippen molar-refractivity contribution in [3.63, 3.8) is 0 Å². The number of aromatic amines is 1. The van der Waals surface area contributed by atoms with Crippen LogP contribution in [0.2, 0.25) is 0 Å². The summed E-state index contributed by atoms with van der Waals surface area (Å²) in [7, 11) is -3.60. The van der Waals surface area contributed by atoms with E-state index in [1.54, 1.807) is 12.1 Å². The Kier molecular flexibility index (Phi) is 5.48. The van der Waals surface area contributed by atoms with Crippen molar-refractivity contribution in [3.8, 4) is 0 Å². The van der Waals surface area contributed by atoms with E-state index in [4.69, 9.17) is 0 Å². The first-order valence-corrected chi connectivity index (χ1v) is 9.88. The second-order valence-corrected chi connectivity index (χ2v) is 8.04. The molecule has 1 aromatic carbocycles. The molecule has 0 radical (unpaired) electrons. The van der Waals surface area contributed by atoms with Crippen molar-refractivity contribution in [1.82, 2.24) is 14.5 Å². The zero-order chi connectivity index (χ0) is 18.6. The van der Waals surface area contributed by atoms with Crippen LogP contribution in [0.5, 0.6) is 0 Å². The molecule has 0 aliphatic carbocycles. The number of carbonyl (C=O) groups is 1. The number of hydrogen-bond acceptors (Lipinski definition) is 5. The lowest BCUT2D eigenvalue weighted by molar-refractivity contribution is 0.102. The Hall–Kier alpha value is -2.52. The summed E-state index contributed by atoms with van der Waals surface area (Å²) < 4.78 is 27.2. The third-order valence-corrected chi connectivity index (χ3v) is 6.10. The summed E-state index contributed by atoms with van der Waals surface area (Å²) in [6.07, 6.45) is 3.78. The monoisotopic (exact) mass is 376 g/mol. The van der Waals surface area contributed by atoms with E-state index in [9.17, 15) is 18.0 Å². The normalized spacial score (nSPS) is 16.0. The van der Waals surface area contributed by atoms with E-state index in [2.05, 4.69) is 15.5 Å². The minimum absolute atomic E-state index is 0.0328. The molecule has 1 aliphatic heterocycles. The van der Waals surface area contributed by atoms with E-state index in [1.807, 2.05) is 0 Å². The highest BCUT2D eigenvalue weighted by atomic mass is 32.2. The number of carbonyl (C=O) groups excluding carboxylic acids is 1. The maximum Gasteiger partial charge on any atom is 0.276 e. The summed E-state index contributed by atoms with van der Waals surface area (Å²) in [5.41, 5.74) is -0.0311. The summed E-state index contributed by atoms with van der Waals surface area (Å²) >= 11 is 0. The van der Waals surface area contributed by atoms with Gasteiger partial charge in [-0.1, -0.05) is 18.9 Å². The van der Waals surface area contributed by atoms with Crippen LogP contribution in [-0.2, 0) is 10.0 Å². The van der Waals surface area contributed by atoms with Crippen molar-refractivity contribution in [2.24, 2.45) is 0 Å². The maximum atomic E-state index is 12.8. The van der Waals surface area contributed by atoms with Gasteiger partial charge in [0.25, 0.3) is 11.5 Å². The smallest absolute Gasteiger partial charge is 0.276 e. The third-order valence-electron chi connectivity index (χ3n) is 4.21. The summed E-state index contributed by atoms with van der Waals surface area (Å²) in [5, 5.41) is 8.43. The highest BCUT2D eigenvalue weighted by molar-refractivity contribution is 7.89. The van der Waals surface area contributed by atoms with Gasteiger partial charge in [0.1, 0.15) is 5.69 Å². The topological polar surface area (TPSA) is 112 Å². The average molecular weight is 376 g/mol. The first-order chi connectivity index (χ1) is 12.5. The number of H-pyrrole nitrogens is 1. The Morgan fingerprint density at radius 2 is 1.81 bits per heavy atom. The van der Waals surface area contributed by atoms with Gasteiger partial charge in [-0.25, -0.2) is 13.5 Å². The first-order valence-electron chi connectivity index (χ1n) is 8.44. The third kappa shape index (κ3) is 4.17. The molecule has 0 atom stereocenters. The molecule has 1 saturated heterocycles. The molecule has 2 aromatic rings. The fourth-order valence-corrected chi connectivity index (χ4v) is 4.39. The predicted molar refractivity (Wildman–Crippen MR) is 96.5 cm³/mol. The van der Waals surface area contributed by atoms with Gasteiger partial charge in [0, 0.05) is 24.8 Å². The van der Waals surface area contributed by atoms with E-state index in [-0.39, 0.29) is 10.6 Å². The van der Waals surface area contributed by atoms with Crippen LogP contribution in [0.15, 0.2) is 46.1 Å². The highest BCUT2D eigenvalue weighted by Crippen LogP contribution is 2.22. The molecule has 0 saturated carbocycles. The van der Waals surface area contributed by atoms with Gasteiger partial charge in [0.05, 0.1) is 4.90 Å². The number of sulfonamides is 1. The Morgan fingerprint density at radius 1 is 1.08 bits per heavy atom. The molecule has 2 heterocycles. The molecule has 1 amide bonds. The molecule has 0 bridgehead atoms. The van der Waals surface area contributed by atoms with Gasteiger partial charge < -0.3 is 5.32 Å². The van der Waals surface area contributed by atoms with Gasteiger partial charge in [-0.2, -0.15) is 9.40 Å². The Bertz CT molecular complexity index is 927. The molecule has 2 N–H and O–H groups in total. The fourth-order valence-electron chi connectivity index (χ4n) is 2.83. The summed E-state index contributed by atoms with van der Waals surface area (Å²) in [5.74, 6) is -0.537. The highest BCUT2D eigenvalue weighted by Gasteiger charge is 2.25. The van der Waals surface area contributed by atoms with Crippen molar-refractivity contribution in [3.05, 3.63) is 52.4 Å². The number of rotatable bonds is 4. The van der Waals surface area contributed by atoms with Crippen LogP contribution in [0, 0.1) is 0 Å². The van der Waals surface area contributed by atoms with Gasteiger partial charge in [-0.05, 0) is 37.1 Å². The van der Waals surface area contributed by atoms with E-state index < -0.39 is 21.5 Å². The molecule has 1 fully saturated rings. The summed E-state index contributed by atoms with van der Waals surface area (Å²) in [6, 6.07) is 8.64. The number of benzene rings is 1. The van der Waals surface area contributed by atoms with Crippen LogP contribution in [0.3, 0.4) is 0 Å². The van der Waals surface area contributed by atoms with Crippen molar-refractivity contribution in [2.75, 3.05) is 18.4 Å². The van der Waals surface area contributed by atoms with E-state index >= 15 is 0 Å². The number of nitrogens with one attached hydrogen (secondary N) is 2. The Balaban J connectivity index is 1.80. The number of anilines is 1. The molecule has 0 unspecified atom stereocenters. The number of hydrogen-bond donors (Lipinski definition) is 2. The number of amides is 1. The Labute approximate surface area is 151 Å². The molecular weight excluding hydrogens is 356 g/mol. The number of nitrogens with zero attached hydrogens (tertiary/aromatic N) is 2. The van der Waals surface area contributed by atoms with Crippen LogP contribution in [0.25, 0.3) is 0 Å². The van der Waals surface area contributed by atoms with E-state index in [0.717, 1.165) is 25.7 Å². The van der Waals surface area contributed by atoms with Crippen LogP contribution >= 0.6 is 0 Å². The Morgan fingerprint density at radius 3 is 2.46 bits per heavy atom. The molecule has 1 aromatic heterocycles. The van der Waals surface area contributed by atoms with Gasteiger partial charge >= 0.3 is 0 Å². The van der Waals surface area contributed by atoms with Gasteiger partial charge in [0.15, 0.2) is 0 Å². The lowest BCUT2D eigenvalue weighted by Crippen LogP contribution is -2.32. The second kappa shape index (κ2) is 7.79. The standard InChI is InChI=1S/C17H20N4O4S/c22-16-9-8-15(19-20-16)17(23)18-13-6-5-7-14(12-13)26(24,25)21-10-3-1-2-4-11-21/h5-9,12H,1-4,10-11H2,(H,18,23)(H,20,22). The minimum Gasteiger partial charge on any atom is -0.321 e. The molecule has 26 heavy (non-hydrogen) atoms. The quantitative estimate of drug-likeness (QED) is 0.841. The first kappa shape index (κ1) is 18.3. The molecular formula is C17H20N4O4S. The molecule has 8 nitrogen and oxygen atoms in total. The van der Waals surface area contributed by atoms with Crippen LogP contribution in [-0.4, -0.2) is 41.9 Å².